The molecule has 1 fully saturated rings. The summed E-state index contributed by atoms with van der Waals surface area (Å²) in [6.07, 6.45) is -3.46. The van der Waals surface area contributed by atoms with Crippen molar-refractivity contribution < 1.29 is 29.7 Å². The number of ether oxygens (including phenoxy) is 1. The summed E-state index contributed by atoms with van der Waals surface area (Å²) in [6, 6.07) is 0. The second-order valence-electron chi connectivity index (χ2n) is 2.75. The molecule has 0 spiro atoms. The van der Waals surface area contributed by atoms with Gasteiger partial charge in [0.1, 0.15) is 18.8 Å². The van der Waals surface area contributed by atoms with Crippen molar-refractivity contribution in [2.24, 2.45) is 0 Å². The molecule has 1 saturated heterocycles. The molecule has 86 valence electrons. The predicted molar refractivity (Wildman–Crippen MR) is 40.6 cm³/mol. The van der Waals surface area contributed by atoms with Crippen molar-refractivity contribution in [3.05, 3.63) is 20.2 Å². The molecule has 0 saturated carbocycles. The Balaban J connectivity index is 2.38. The van der Waals surface area contributed by atoms with Crippen LogP contribution in [0.3, 0.4) is 0 Å². The van der Waals surface area contributed by atoms with E-state index in [0.717, 1.165) is 0 Å². The fraction of sp³-hybridized carbons (Fsp3) is 1.00. The Bertz CT molecular complexity index is 257. The second-order valence-corrected chi connectivity index (χ2v) is 2.75. The van der Waals surface area contributed by atoms with Crippen LogP contribution in [0, 0.1) is 20.2 Å². The lowest BCUT2D eigenvalue weighted by Gasteiger charge is -2.14. The van der Waals surface area contributed by atoms with Gasteiger partial charge in [0, 0.05) is 0 Å². The van der Waals surface area contributed by atoms with Gasteiger partial charge in [0.2, 0.25) is 0 Å². The van der Waals surface area contributed by atoms with Crippen LogP contribution in [-0.4, -0.2) is 46.8 Å². The highest BCUT2D eigenvalue weighted by Gasteiger charge is 2.39. The maximum absolute atomic E-state index is 9.95. The lowest BCUT2D eigenvalue weighted by Crippen LogP contribution is -2.36. The van der Waals surface area contributed by atoms with Gasteiger partial charge in [0.15, 0.2) is 6.10 Å². The van der Waals surface area contributed by atoms with Crippen molar-refractivity contribution in [1.82, 2.24) is 0 Å². The van der Waals surface area contributed by atoms with Gasteiger partial charge in [-0.3, -0.25) is 0 Å². The lowest BCUT2D eigenvalue weighted by molar-refractivity contribution is -0.770. The summed E-state index contributed by atoms with van der Waals surface area (Å²) in [5.41, 5.74) is 0. The van der Waals surface area contributed by atoms with E-state index in [9.17, 15) is 25.3 Å². The van der Waals surface area contributed by atoms with Crippen LogP contribution in [0.5, 0.6) is 0 Å². The average Bonchev–Trinajstić information content (AvgIpc) is 2.44. The average molecular weight is 224 g/mol. The molecule has 1 aliphatic heterocycles. The Morgan fingerprint density at radius 2 is 2.07 bits per heavy atom. The van der Waals surface area contributed by atoms with E-state index in [4.69, 9.17) is 4.74 Å². The van der Waals surface area contributed by atoms with E-state index in [1.54, 1.807) is 0 Å². The van der Waals surface area contributed by atoms with Crippen LogP contribution in [-0.2, 0) is 14.4 Å². The summed E-state index contributed by atoms with van der Waals surface area (Å²) in [5.74, 6) is 0. The molecule has 10 heteroatoms. The molecule has 0 aliphatic carbocycles. The van der Waals surface area contributed by atoms with Crippen molar-refractivity contribution >= 4 is 0 Å². The molecular weight excluding hydrogens is 216 g/mol. The van der Waals surface area contributed by atoms with Gasteiger partial charge in [-0.25, -0.2) is 0 Å². The van der Waals surface area contributed by atoms with Crippen LogP contribution < -0.4 is 0 Å². The zero-order valence-electron chi connectivity index (χ0n) is 7.35. The van der Waals surface area contributed by atoms with Crippen LogP contribution in [0.15, 0.2) is 0 Å². The first-order chi connectivity index (χ1) is 7.00. The fourth-order valence-corrected chi connectivity index (χ4v) is 1.14. The first-order valence-electron chi connectivity index (χ1n) is 3.89. The van der Waals surface area contributed by atoms with E-state index in [1.807, 2.05) is 0 Å². The summed E-state index contributed by atoms with van der Waals surface area (Å²) in [5, 5.41) is 27.0. The van der Waals surface area contributed by atoms with Crippen molar-refractivity contribution in [2.75, 3.05) is 13.2 Å². The van der Waals surface area contributed by atoms with E-state index < -0.39 is 35.1 Å². The third kappa shape index (κ3) is 3.18. The minimum Gasteiger partial charge on any atom is -0.388 e. The molecule has 0 unspecified atom stereocenters. The van der Waals surface area contributed by atoms with Gasteiger partial charge >= 0.3 is 0 Å². The molecule has 3 atom stereocenters. The van der Waals surface area contributed by atoms with Crippen LogP contribution >= 0.6 is 0 Å². The van der Waals surface area contributed by atoms with Crippen LogP contribution in [0.4, 0.5) is 0 Å². The number of hydrogen-bond donors (Lipinski definition) is 1. The van der Waals surface area contributed by atoms with Crippen molar-refractivity contribution in [3.8, 4) is 0 Å². The molecule has 1 heterocycles. The third-order valence-corrected chi connectivity index (χ3v) is 1.80. The first kappa shape index (κ1) is 11.4. The quantitative estimate of drug-likeness (QED) is 0.441. The Hall–Kier alpha value is -1.68. The van der Waals surface area contributed by atoms with Crippen LogP contribution in [0.25, 0.3) is 0 Å². The maximum Gasteiger partial charge on any atom is 0.294 e. The minimum absolute atomic E-state index is 0.214. The van der Waals surface area contributed by atoms with Gasteiger partial charge in [-0.05, 0) is 0 Å². The van der Waals surface area contributed by atoms with Crippen molar-refractivity contribution in [3.63, 3.8) is 0 Å². The van der Waals surface area contributed by atoms with Gasteiger partial charge in [-0.15, -0.1) is 20.2 Å². The lowest BCUT2D eigenvalue weighted by atomic mass is 10.2. The Morgan fingerprint density at radius 3 is 2.60 bits per heavy atom. The van der Waals surface area contributed by atoms with E-state index >= 15 is 0 Å². The summed E-state index contributed by atoms with van der Waals surface area (Å²) >= 11 is 0. The van der Waals surface area contributed by atoms with Gasteiger partial charge in [-0.1, -0.05) is 0 Å². The highest BCUT2D eigenvalue weighted by Crippen LogP contribution is 2.17. The van der Waals surface area contributed by atoms with E-state index in [-0.39, 0.29) is 6.61 Å². The van der Waals surface area contributed by atoms with Crippen LogP contribution in [0.1, 0.15) is 0 Å². The van der Waals surface area contributed by atoms with E-state index in [1.165, 1.54) is 0 Å². The largest absolute Gasteiger partial charge is 0.388 e. The van der Waals surface area contributed by atoms with Gasteiger partial charge in [0.05, 0.1) is 6.61 Å². The van der Waals surface area contributed by atoms with Crippen LogP contribution in [0.2, 0.25) is 0 Å². The third-order valence-electron chi connectivity index (χ3n) is 1.80. The molecule has 0 aromatic rings. The maximum atomic E-state index is 9.95. The summed E-state index contributed by atoms with van der Waals surface area (Å²) in [4.78, 5) is 27.8. The Labute approximate surface area is 82.5 Å². The summed E-state index contributed by atoms with van der Waals surface area (Å²) in [7, 11) is 0. The van der Waals surface area contributed by atoms with Gasteiger partial charge in [-0.2, -0.15) is 0 Å². The number of hydrogen-bond acceptors (Lipinski definition) is 8. The molecule has 1 rings (SSSR count). The monoisotopic (exact) mass is 224 g/mol. The molecule has 10 nitrogen and oxygen atoms in total. The molecular formula is C5H8N2O8. The van der Waals surface area contributed by atoms with E-state index in [0.29, 0.717) is 0 Å². The molecule has 0 aromatic carbocycles. The van der Waals surface area contributed by atoms with Gasteiger partial charge < -0.3 is 19.5 Å². The number of aliphatic hydroxyl groups excluding tert-OH is 1. The molecule has 0 amide bonds. The smallest absolute Gasteiger partial charge is 0.294 e. The highest BCUT2D eigenvalue weighted by molar-refractivity contribution is 4.83. The van der Waals surface area contributed by atoms with Crippen molar-refractivity contribution in [1.29, 1.82) is 0 Å². The molecule has 1 aliphatic rings. The second kappa shape index (κ2) is 4.70. The SMILES string of the molecule is O=[N+]([O-])OC[C@H]1OC[C@H](O[N+](=O)[O-])[C@H]1O. The fourth-order valence-electron chi connectivity index (χ4n) is 1.14. The number of rotatable bonds is 5. The number of nitrogens with zero attached hydrogens (tertiary/aromatic N) is 2. The normalized spacial score (nSPS) is 29.8. The standard InChI is InChI=1S/C5H8N2O8/c8-5-3(2-14-6(9)10)13-1-4(5)15-7(11)12/h3-5,8H,1-2H2/t3-,4+,5+/m1/s1. The molecule has 0 bridgehead atoms. The first-order valence-corrected chi connectivity index (χ1v) is 3.89. The molecule has 15 heavy (non-hydrogen) atoms. The minimum atomic E-state index is -1.32. The molecule has 1 N–H and O–H groups in total. The topological polar surface area (TPSA) is 134 Å². The summed E-state index contributed by atoms with van der Waals surface area (Å²) < 4.78 is 4.82. The zero-order chi connectivity index (χ0) is 11.4. The zero-order valence-corrected chi connectivity index (χ0v) is 7.35. The Kier molecular flexibility index (Phi) is 3.57. The Morgan fingerprint density at radius 1 is 1.40 bits per heavy atom. The molecule has 0 radical (unpaired) electrons. The van der Waals surface area contributed by atoms with Gasteiger partial charge in [0.25, 0.3) is 10.2 Å². The number of aliphatic hydroxyl groups is 1. The molecule has 0 aromatic heterocycles. The van der Waals surface area contributed by atoms with E-state index in [2.05, 4.69) is 9.68 Å². The predicted octanol–water partition coefficient (Wildman–Crippen LogP) is -1.47. The highest BCUT2D eigenvalue weighted by atomic mass is 17.0. The van der Waals surface area contributed by atoms with Crippen molar-refractivity contribution in [2.45, 2.75) is 18.3 Å². The summed E-state index contributed by atoms with van der Waals surface area (Å²) in [6.45, 7) is -0.709.